The van der Waals surface area contributed by atoms with Crippen molar-refractivity contribution in [3.63, 3.8) is 0 Å². The average molecular weight is 353 g/mol. The van der Waals surface area contributed by atoms with E-state index in [9.17, 15) is 8.42 Å². The van der Waals surface area contributed by atoms with E-state index in [-0.39, 0.29) is 10.9 Å². The van der Waals surface area contributed by atoms with Crippen molar-refractivity contribution in [3.8, 4) is 0 Å². The topological polar surface area (TPSA) is 79.6 Å². The molecule has 0 bridgehead atoms. The molecule has 24 heavy (non-hydrogen) atoms. The first-order valence-electron chi connectivity index (χ1n) is 8.41. The SMILES string of the molecule is CCN(CC)S(=O)(=O)c1ccc2nnc(NC(C)CC(C)C)n2c1. The Balaban J connectivity index is 2.38. The summed E-state index contributed by atoms with van der Waals surface area (Å²) in [7, 11) is -3.51. The Bertz CT molecular complexity index is 781. The molecule has 2 rings (SSSR count). The summed E-state index contributed by atoms with van der Waals surface area (Å²) in [4.78, 5) is 0.248. The number of anilines is 1. The minimum Gasteiger partial charge on any atom is -0.352 e. The van der Waals surface area contributed by atoms with Gasteiger partial charge in [0.1, 0.15) is 0 Å². The molecule has 0 aliphatic rings. The van der Waals surface area contributed by atoms with Crippen LogP contribution in [-0.4, -0.2) is 46.5 Å². The van der Waals surface area contributed by atoms with Crippen LogP contribution in [0.1, 0.15) is 41.0 Å². The second kappa shape index (κ2) is 7.48. The summed E-state index contributed by atoms with van der Waals surface area (Å²) in [6.07, 6.45) is 2.58. The quantitative estimate of drug-likeness (QED) is 0.789. The van der Waals surface area contributed by atoms with Gasteiger partial charge in [-0.25, -0.2) is 8.42 Å². The van der Waals surface area contributed by atoms with Crippen molar-refractivity contribution >= 4 is 21.6 Å². The van der Waals surface area contributed by atoms with Gasteiger partial charge in [0.2, 0.25) is 16.0 Å². The summed E-state index contributed by atoms with van der Waals surface area (Å²) >= 11 is 0. The van der Waals surface area contributed by atoms with Gasteiger partial charge in [-0.2, -0.15) is 4.31 Å². The number of hydrogen-bond donors (Lipinski definition) is 1. The molecule has 0 radical (unpaired) electrons. The Labute approximate surface area is 144 Å². The first-order chi connectivity index (χ1) is 11.3. The summed E-state index contributed by atoms with van der Waals surface area (Å²) < 4.78 is 28.5. The lowest BCUT2D eigenvalue weighted by Gasteiger charge is -2.19. The molecule has 134 valence electrons. The zero-order chi connectivity index (χ0) is 17.9. The number of nitrogens with one attached hydrogen (secondary N) is 1. The summed E-state index contributed by atoms with van der Waals surface area (Å²) in [6.45, 7) is 10.9. The highest BCUT2D eigenvalue weighted by Gasteiger charge is 2.23. The lowest BCUT2D eigenvalue weighted by atomic mass is 10.1. The summed E-state index contributed by atoms with van der Waals surface area (Å²) in [5.41, 5.74) is 0.618. The molecule has 0 aromatic carbocycles. The maximum absolute atomic E-state index is 12.7. The molecule has 1 N–H and O–H groups in total. The third-order valence-corrected chi connectivity index (χ3v) is 5.95. The van der Waals surface area contributed by atoms with Crippen LogP contribution in [0.25, 0.3) is 5.65 Å². The minimum atomic E-state index is -3.51. The molecular formula is C16H27N5O2S. The molecule has 7 nitrogen and oxygen atoms in total. The van der Waals surface area contributed by atoms with Crippen LogP contribution >= 0.6 is 0 Å². The van der Waals surface area contributed by atoms with Crippen LogP contribution in [0.4, 0.5) is 5.95 Å². The van der Waals surface area contributed by atoms with Gasteiger partial charge in [0.15, 0.2) is 5.65 Å². The van der Waals surface area contributed by atoms with Crippen molar-refractivity contribution in [1.29, 1.82) is 0 Å². The van der Waals surface area contributed by atoms with Gasteiger partial charge in [-0.05, 0) is 31.4 Å². The Hall–Kier alpha value is -1.67. The molecule has 2 aromatic heterocycles. The highest BCUT2D eigenvalue weighted by atomic mass is 32.2. The van der Waals surface area contributed by atoms with Gasteiger partial charge < -0.3 is 5.32 Å². The standard InChI is InChI=1S/C16H27N5O2S/c1-6-20(7-2)24(22,23)14-8-9-15-18-19-16(21(15)11-14)17-13(5)10-12(3)4/h8-9,11-13H,6-7,10H2,1-5H3,(H,17,19). The van der Waals surface area contributed by atoms with E-state index >= 15 is 0 Å². The van der Waals surface area contributed by atoms with Gasteiger partial charge in [0.25, 0.3) is 0 Å². The molecule has 0 spiro atoms. The lowest BCUT2D eigenvalue weighted by molar-refractivity contribution is 0.445. The number of fused-ring (bicyclic) bond motifs is 1. The average Bonchev–Trinajstić information content (AvgIpc) is 2.89. The zero-order valence-corrected chi connectivity index (χ0v) is 15.8. The third-order valence-electron chi connectivity index (χ3n) is 3.92. The van der Waals surface area contributed by atoms with Crippen LogP contribution in [0.15, 0.2) is 23.2 Å². The fourth-order valence-corrected chi connectivity index (χ4v) is 4.28. The van der Waals surface area contributed by atoms with Crippen molar-refractivity contribution in [2.45, 2.75) is 52.0 Å². The second-order valence-electron chi connectivity index (χ2n) is 6.38. The molecule has 0 saturated heterocycles. The Morgan fingerprint density at radius 1 is 1.17 bits per heavy atom. The second-order valence-corrected chi connectivity index (χ2v) is 8.32. The van der Waals surface area contributed by atoms with Crippen molar-refractivity contribution in [3.05, 3.63) is 18.3 Å². The van der Waals surface area contributed by atoms with Crippen molar-refractivity contribution < 1.29 is 8.42 Å². The van der Waals surface area contributed by atoms with E-state index in [0.717, 1.165) is 6.42 Å². The van der Waals surface area contributed by atoms with E-state index in [1.807, 2.05) is 13.8 Å². The molecule has 2 heterocycles. The van der Waals surface area contributed by atoms with Gasteiger partial charge >= 0.3 is 0 Å². The molecule has 0 aliphatic carbocycles. The largest absolute Gasteiger partial charge is 0.352 e. The van der Waals surface area contributed by atoms with E-state index < -0.39 is 10.0 Å². The van der Waals surface area contributed by atoms with Crippen molar-refractivity contribution in [2.75, 3.05) is 18.4 Å². The molecule has 2 aromatic rings. The van der Waals surface area contributed by atoms with Gasteiger partial charge in [0, 0.05) is 25.3 Å². The Kier molecular flexibility index (Phi) is 5.82. The van der Waals surface area contributed by atoms with Gasteiger partial charge in [-0.3, -0.25) is 4.40 Å². The highest BCUT2D eigenvalue weighted by molar-refractivity contribution is 7.89. The van der Waals surface area contributed by atoms with Gasteiger partial charge in [0.05, 0.1) is 4.90 Å². The normalized spacial score (nSPS) is 13.8. The van der Waals surface area contributed by atoms with E-state index in [0.29, 0.717) is 30.6 Å². The molecule has 8 heteroatoms. The van der Waals surface area contributed by atoms with Crippen LogP contribution in [-0.2, 0) is 10.0 Å². The predicted molar refractivity (Wildman–Crippen MR) is 95.6 cm³/mol. The predicted octanol–water partition coefficient (Wildman–Crippen LogP) is 2.61. The molecule has 0 saturated carbocycles. The lowest BCUT2D eigenvalue weighted by Crippen LogP contribution is -2.30. The first kappa shape index (κ1) is 18.7. The first-order valence-corrected chi connectivity index (χ1v) is 9.85. The summed E-state index contributed by atoms with van der Waals surface area (Å²) in [5, 5.41) is 11.6. The fourth-order valence-electron chi connectivity index (χ4n) is 2.82. The summed E-state index contributed by atoms with van der Waals surface area (Å²) in [5.74, 6) is 1.13. The van der Waals surface area contributed by atoms with Crippen LogP contribution in [0.5, 0.6) is 0 Å². The minimum absolute atomic E-state index is 0.223. The van der Waals surface area contributed by atoms with Gasteiger partial charge in [-0.15, -0.1) is 10.2 Å². The summed E-state index contributed by atoms with van der Waals surface area (Å²) in [6, 6.07) is 3.49. The fraction of sp³-hybridized carbons (Fsp3) is 0.625. The number of aromatic nitrogens is 3. The van der Waals surface area contributed by atoms with E-state index in [1.165, 1.54) is 4.31 Å². The maximum atomic E-state index is 12.7. The molecular weight excluding hydrogens is 326 g/mol. The van der Waals surface area contributed by atoms with Crippen LogP contribution in [0.3, 0.4) is 0 Å². The number of pyridine rings is 1. The van der Waals surface area contributed by atoms with Crippen LogP contribution in [0, 0.1) is 5.92 Å². The number of nitrogens with zero attached hydrogens (tertiary/aromatic N) is 4. The van der Waals surface area contributed by atoms with Crippen molar-refractivity contribution in [2.24, 2.45) is 5.92 Å². The van der Waals surface area contributed by atoms with E-state index in [4.69, 9.17) is 0 Å². The van der Waals surface area contributed by atoms with Crippen LogP contribution in [0.2, 0.25) is 0 Å². The molecule has 0 amide bonds. The molecule has 0 fully saturated rings. The zero-order valence-electron chi connectivity index (χ0n) is 15.0. The monoisotopic (exact) mass is 353 g/mol. The number of sulfonamides is 1. The maximum Gasteiger partial charge on any atom is 0.244 e. The van der Waals surface area contributed by atoms with Crippen molar-refractivity contribution in [1.82, 2.24) is 18.9 Å². The molecule has 1 atom stereocenters. The Morgan fingerprint density at radius 3 is 2.42 bits per heavy atom. The molecule has 0 aliphatic heterocycles. The highest BCUT2D eigenvalue weighted by Crippen LogP contribution is 2.19. The Morgan fingerprint density at radius 2 is 1.83 bits per heavy atom. The van der Waals surface area contributed by atoms with E-state index in [1.54, 1.807) is 22.7 Å². The van der Waals surface area contributed by atoms with Crippen LogP contribution < -0.4 is 5.32 Å². The smallest absolute Gasteiger partial charge is 0.244 e. The third kappa shape index (κ3) is 3.87. The molecule has 1 unspecified atom stereocenters. The van der Waals surface area contributed by atoms with Gasteiger partial charge in [-0.1, -0.05) is 27.7 Å². The number of hydrogen-bond acceptors (Lipinski definition) is 5. The number of rotatable bonds is 8. The van der Waals surface area contributed by atoms with E-state index in [2.05, 4.69) is 36.3 Å².